The molecule has 0 atom stereocenters. The third-order valence-corrected chi connectivity index (χ3v) is 6.88. The Morgan fingerprint density at radius 3 is 2.62 bits per heavy atom. The highest BCUT2D eigenvalue weighted by Gasteiger charge is 2.44. The first-order chi connectivity index (χ1) is 12.4. The Morgan fingerprint density at radius 2 is 2.00 bits per heavy atom. The number of aliphatic imine (C=N–C) groups is 1. The molecule has 1 saturated carbocycles. The Hall–Kier alpha value is -1.67. The zero-order chi connectivity index (χ0) is 18.6. The summed E-state index contributed by atoms with van der Waals surface area (Å²) in [6, 6.07) is 6.84. The molecule has 8 heteroatoms. The van der Waals surface area contributed by atoms with E-state index in [1.807, 2.05) is 6.07 Å². The predicted octanol–water partition coefficient (Wildman–Crippen LogP) is 0.753. The molecule has 26 heavy (non-hydrogen) atoms. The van der Waals surface area contributed by atoms with Crippen molar-refractivity contribution in [1.82, 2.24) is 15.5 Å². The van der Waals surface area contributed by atoms with Crippen LogP contribution >= 0.6 is 0 Å². The van der Waals surface area contributed by atoms with Gasteiger partial charge >= 0.3 is 0 Å². The summed E-state index contributed by atoms with van der Waals surface area (Å²) in [5, 5.41) is 6.62. The Labute approximate surface area is 154 Å². The lowest BCUT2D eigenvalue weighted by Gasteiger charge is -2.27. The number of nitrogens with zero attached hydrogens (tertiary/aromatic N) is 2. The zero-order valence-corrected chi connectivity index (χ0v) is 16.0. The molecular formula is C18H27FN4O2S. The van der Waals surface area contributed by atoms with Gasteiger partial charge in [0.15, 0.2) is 15.8 Å². The van der Waals surface area contributed by atoms with E-state index >= 15 is 0 Å². The third-order valence-electron chi connectivity index (χ3n) is 5.27. The second kappa shape index (κ2) is 7.92. The monoisotopic (exact) mass is 382 g/mol. The number of hydrogen-bond donors (Lipinski definition) is 2. The number of halogens is 1. The molecular weight excluding hydrogens is 355 g/mol. The average Bonchev–Trinajstić information content (AvgIpc) is 3.40. The van der Waals surface area contributed by atoms with Crippen LogP contribution in [0.5, 0.6) is 0 Å². The van der Waals surface area contributed by atoms with Crippen LogP contribution in [-0.2, 0) is 15.3 Å². The molecule has 6 nitrogen and oxygen atoms in total. The number of sulfone groups is 1. The minimum absolute atomic E-state index is 0.000942. The smallest absolute Gasteiger partial charge is 0.191 e. The van der Waals surface area contributed by atoms with Crippen LogP contribution in [0.1, 0.15) is 18.4 Å². The minimum Gasteiger partial charge on any atom is -0.356 e. The molecule has 0 radical (unpaired) electrons. The molecule has 0 amide bonds. The molecule has 1 aromatic carbocycles. The van der Waals surface area contributed by atoms with E-state index in [0.29, 0.717) is 19.6 Å². The van der Waals surface area contributed by atoms with Gasteiger partial charge in [-0.3, -0.25) is 9.89 Å². The standard InChI is InChI=1S/C18H27FN4O2S/c1-20-17(21-7-8-23-9-11-26(24,25)12-10-23)22-14-18(5-6-18)15-3-2-4-16(19)13-15/h2-4,13H,5-12,14H2,1H3,(H2,20,21,22). The van der Waals surface area contributed by atoms with E-state index in [4.69, 9.17) is 0 Å². The summed E-state index contributed by atoms with van der Waals surface area (Å²) in [4.78, 5) is 6.39. The van der Waals surface area contributed by atoms with Crippen molar-refractivity contribution < 1.29 is 12.8 Å². The van der Waals surface area contributed by atoms with E-state index in [1.165, 1.54) is 6.07 Å². The zero-order valence-electron chi connectivity index (χ0n) is 15.2. The van der Waals surface area contributed by atoms with Crippen molar-refractivity contribution in [2.24, 2.45) is 4.99 Å². The second-order valence-corrected chi connectivity index (χ2v) is 9.44. The highest BCUT2D eigenvalue weighted by atomic mass is 32.2. The van der Waals surface area contributed by atoms with Crippen molar-refractivity contribution in [3.05, 3.63) is 35.6 Å². The second-order valence-electron chi connectivity index (χ2n) is 7.14. The molecule has 1 aliphatic carbocycles. The van der Waals surface area contributed by atoms with Gasteiger partial charge in [-0.15, -0.1) is 0 Å². The summed E-state index contributed by atoms with van der Waals surface area (Å²) >= 11 is 0. The van der Waals surface area contributed by atoms with Crippen molar-refractivity contribution in [2.75, 3.05) is 51.3 Å². The summed E-state index contributed by atoms with van der Waals surface area (Å²) in [6.07, 6.45) is 2.09. The maximum absolute atomic E-state index is 13.5. The van der Waals surface area contributed by atoms with Crippen LogP contribution in [-0.4, -0.2) is 70.6 Å². The lowest BCUT2D eigenvalue weighted by Crippen LogP contribution is -2.46. The maximum Gasteiger partial charge on any atom is 0.191 e. The average molecular weight is 383 g/mol. The fraction of sp³-hybridized carbons (Fsp3) is 0.611. The SMILES string of the molecule is CN=C(NCCN1CCS(=O)(=O)CC1)NCC1(c2cccc(F)c2)CC1. The molecule has 2 fully saturated rings. The van der Waals surface area contributed by atoms with Gasteiger partial charge in [0.1, 0.15) is 5.82 Å². The van der Waals surface area contributed by atoms with Crippen LogP contribution in [0, 0.1) is 5.82 Å². The van der Waals surface area contributed by atoms with Crippen molar-refractivity contribution in [2.45, 2.75) is 18.3 Å². The van der Waals surface area contributed by atoms with Crippen LogP contribution in [0.25, 0.3) is 0 Å². The molecule has 0 spiro atoms. The molecule has 0 aromatic heterocycles. The van der Waals surface area contributed by atoms with Gasteiger partial charge in [0.05, 0.1) is 11.5 Å². The Morgan fingerprint density at radius 1 is 1.27 bits per heavy atom. The maximum atomic E-state index is 13.5. The van der Waals surface area contributed by atoms with Gasteiger partial charge in [-0.05, 0) is 30.5 Å². The van der Waals surface area contributed by atoms with E-state index in [2.05, 4.69) is 20.5 Å². The first-order valence-corrected chi connectivity index (χ1v) is 10.9. The molecule has 3 rings (SSSR count). The van der Waals surface area contributed by atoms with Gasteiger partial charge in [0, 0.05) is 45.2 Å². The van der Waals surface area contributed by atoms with Gasteiger partial charge in [-0.2, -0.15) is 0 Å². The minimum atomic E-state index is -2.83. The summed E-state index contributed by atoms with van der Waals surface area (Å²) in [6.45, 7) is 3.40. The highest BCUT2D eigenvalue weighted by Crippen LogP contribution is 2.47. The first-order valence-electron chi connectivity index (χ1n) is 9.06. The van der Waals surface area contributed by atoms with Gasteiger partial charge < -0.3 is 10.6 Å². The highest BCUT2D eigenvalue weighted by molar-refractivity contribution is 7.91. The fourth-order valence-electron chi connectivity index (χ4n) is 3.32. The van der Waals surface area contributed by atoms with Crippen molar-refractivity contribution in [1.29, 1.82) is 0 Å². The predicted molar refractivity (Wildman–Crippen MR) is 102 cm³/mol. The fourth-order valence-corrected chi connectivity index (χ4v) is 4.59. The topological polar surface area (TPSA) is 73.8 Å². The molecule has 1 saturated heterocycles. The summed E-state index contributed by atoms with van der Waals surface area (Å²) in [7, 11) is -1.11. The van der Waals surface area contributed by atoms with E-state index < -0.39 is 9.84 Å². The molecule has 0 unspecified atom stereocenters. The quantitative estimate of drug-likeness (QED) is 0.561. The molecule has 1 aromatic rings. The van der Waals surface area contributed by atoms with Crippen molar-refractivity contribution in [3.63, 3.8) is 0 Å². The van der Waals surface area contributed by atoms with Gasteiger partial charge in [-0.25, -0.2) is 12.8 Å². The van der Waals surface area contributed by atoms with E-state index in [1.54, 1.807) is 19.2 Å². The first kappa shape index (κ1) is 19.1. The molecule has 1 heterocycles. The number of rotatable bonds is 6. The van der Waals surface area contributed by atoms with E-state index in [-0.39, 0.29) is 22.7 Å². The number of guanidine groups is 1. The molecule has 144 valence electrons. The normalized spacial score (nSPS) is 22.0. The van der Waals surface area contributed by atoms with Crippen LogP contribution in [0.3, 0.4) is 0 Å². The van der Waals surface area contributed by atoms with E-state index in [0.717, 1.165) is 37.5 Å². The van der Waals surface area contributed by atoms with Crippen molar-refractivity contribution >= 4 is 15.8 Å². The largest absolute Gasteiger partial charge is 0.356 e. The molecule has 2 aliphatic rings. The number of benzene rings is 1. The lowest BCUT2D eigenvalue weighted by molar-refractivity contribution is 0.299. The Bertz CT molecular complexity index is 748. The Kier molecular flexibility index (Phi) is 5.82. The number of hydrogen-bond acceptors (Lipinski definition) is 4. The molecule has 0 bridgehead atoms. The van der Waals surface area contributed by atoms with Gasteiger partial charge in [-0.1, -0.05) is 12.1 Å². The summed E-state index contributed by atoms with van der Waals surface area (Å²) < 4.78 is 36.4. The molecule has 2 N–H and O–H groups in total. The molecule has 1 aliphatic heterocycles. The van der Waals surface area contributed by atoms with E-state index in [9.17, 15) is 12.8 Å². The summed E-state index contributed by atoms with van der Waals surface area (Å²) in [5.41, 5.74) is 1.04. The lowest BCUT2D eigenvalue weighted by atomic mass is 9.96. The summed E-state index contributed by atoms with van der Waals surface area (Å²) in [5.74, 6) is 1.02. The van der Waals surface area contributed by atoms with Crippen molar-refractivity contribution in [3.8, 4) is 0 Å². The van der Waals surface area contributed by atoms with Crippen LogP contribution < -0.4 is 10.6 Å². The van der Waals surface area contributed by atoms with Crippen LogP contribution in [0.2, 0.25) is 0 Å². The van der Waals surface area contributed by atoms with Gasteiger partial charge in [0.25, 0.3) is 0 Å². The third kappa shape index (κ3) is 4.94. The Balaban J connectivity index is 1.43. The van der Waals surface area contributed by atoms with Gasteiger partial charge in [0.2, 0.25) is 0 Å². The van der Waals surface area contributed by atoms with Crippen LogP contribution in [0.15, 0.2) is 29.3 Å². The van der Waals surface area contributed by atoms with Crippen LogP contribution in [0.4, 0.5) is 4.39 Å². The number of nitrogens with one attached hydrogen (secondary N) is 2.